The molecule has 1 amide bonds. The maximum Gasteiger partial charge on any atom is 0.253 e. The Morgan fingerprint density at radius 2 is 1.53 bits per heavy atom. The van der Waals surface area contributed by atoms with Gasteiger partial charge in [-0.05, 0) is 69.1 Å². The van der Waals surface area contributed by atoms with Gasteiger partial charge in [0.1, 0.15) is 0 Å². The van der Waals surface area contributed by atoms with E-state index in [4.69, 9.17) is 0 Å². The van der Waals surface area contributed by atoms with Crippen LogP contribution in [0, 0.1) is 0 Å². The predicted octanol–water partition coefficient (Wildman–Crippen LogP) is 3.58. The van der Waals surface area contributed by atoms with Gasteiger partial charge in [-0.3, -0.25) is 14.5 Å². The summed E-state index contributed by atoms with van der Waals surface area (Å²) in [6, 6.07) is 10.4. The van der Waals surface area contributed by atoms with Crippen molar-refractivity contribution in [3.8, 4) is 0 Å². The average molecular weight is 515 g/mol. The maximum atomic E-state index is 13.3. The Bertz CT molecular complexity index is 1200. The number of rotatable bonds is 8. The maximum absolute atomic E-state index is 13.3. The van der Waals surface area contributed by atoms with Crippen LogP contribution in [0.15, 0.2) is 41.3 Å². The van der Waals surface area contributed by atoms with Crippen molar-refractivity contribution in [3.63, 3.8) is 0 Å². The van der Waals surface area contributed by atoms with E-state index in [-0.39, 0.29) is 22.1 Å². The van der Waals surface area contributed by atoms with Gasteiger partial charge in [-0.25, -0.2) is 8.42 Å². The van der Waals surface area contributed by atoms with Crippen LogP contribution in [0.4, 0.5) is 0 Å². The lowest BCUT2D eigenvalue weighted by Crippen LogP contribution is -2.56. The van der Waals surface area contributed by atoms with Crippen LogP contribution in [-0.4, -0.2) is 78.6 Å². The summed E-state index contributed by atoms with van der Waals surface area (Å²) in [5.41, 5.74) is 2.22. The Morgan fingerprint density at radius 3 is 2.08 bits per heavy atom. The Hall–Kier alpha value is -2.49. The molecular formula is C27H38N4O4S. The van der Waals surface area contributed by atoms with E-state index < -0.39 is 10.0 Å². The molecular weight excluding hydrogens is 476 g/mol. The molecule has 9 heteroatoms. The number of sulfonamides is 1. The number of nitrogens with zero attached hydrogens (tertiary/aromatic N) is 4. The van der Waals surface area contributed by atoms with Crippen molar-refractivity contribution in [2.24, 2.45) is 0 Å². The van der Waals surface area contributed by atoms with Crippen LogP contribution in [0.25, 0.3) is 0 Å². The van der Waals surface area contributed by atoms with Crippen molar-refractivity contribution in [3.05, 3.63) is 53.3 Å². The number of likely N-dealkylation sites (tertiary alicyclic amines) is 1. The first-order valence-corrected chi connectivity index (χ1v) is 14.4. The highest BCUT2D eigenvalue weighted by molar-refractivity contribution is 7.89. The van der Waals surface area contributed by atoms with Crippen LogP contribution in [0.3, 0.4) is 0 Å². The summed E-state index contributed by atoms with van der Waals surface area (Å²) < 4.78 is 29.8. The molecule has 8 nitrogen and oxygen atoms in total. The van der Waals surface area contributed by atoms with Gasteiger partial charge in [0, 0.05) is 57.4 Å². The van der Waals surface area contributed by atoms with Crippen LogP contribution >= 0.6 is 0 Å². The van der Waals surface area contributed by atoms with Crippen LogP contribution in [0.2, 0.25) is 0 Å². The molecule has 1 spiro atoms. The van der Waals surface area contributed by atoms with Crippen molar-refractivity contribution >= 4 is 21.7 Å². The van der Waals surface area contributed by atoms with E-state index in [0.717, 1.165) is 50.2 Å². The number of likely N-dealkylation sites (N-methyl/N-ethyl adjacent to an activating group) is 1. The third-order valence-electron chi connectivity index (χ3n) is 7.77. The molecule has 196 valence electrons. The second-order valence-electron chi connectivity index (χ2n) is 9.99. The summed E-state index contributed by atoms with van der Waals surface area (Å²) in [6.07, 6.45) is 3.07. The van der Waals surface area contributed by atoms with Crippen molar-refractivity contribution in [1.29, 1.82) is 0 Å². The number of carbonyl (C=O) groups excluding carboxylic acids is 2. The Kier molecular flexibility index (Phi) is 7.73. The van der Waals surface area contributed by atoms with Crippen molar-refractivity contribution in [2.45, 2.75) is 63.4 Å². The predicted molar refractivity (Wildman–Crippen MR) is 140 cm³/mol. The Labute approximate surface area is 214 Å². The van der Waals surface area contributed by atoms with Gasteiger partial charge in [0.2, 0.25) is 10.0 Å². The fourth-order valence-electron chi connectivity index (χ4n) is 5.75. The fraction of sp³-hybridized carbons (Fsp3) is 0.556. The third kappa shape index (κ3) is 4.64. The van der Waals surface area contributed by atoms with Crippen LogP contribution < -0.4 is 0 Å². The molecule has 2 aromatic rings. The highest BCUT2D eigenvalue weighted by atomic mass is 32.2. The smallest absolute Gasteiger partial charge is 0.253 e. The second-order valence-corrected chi connectivity index (χ2v) is 11.9. The first-order valence-electron chi connectivity index (χ1n) is 13.0. The van der Waals surface area contributed by atoms with E-state index in [9.17, 15) is 18.0 Å². The van der Waals surface area contributed by atoms with E-state index in [1.165, 1.54) is 4.31 Å². The number of Topliss-reactive ketones (excluding diaryl/α,β-unsaturated/α-hetero) is 1. The molecule has 0 aliphatic carbocycles. The molecule has 1 aromatic heterocycles. The highest BCUT2D eigenvalue weighted by Crippen LogP contribution is 2.41. The van der Waals surface area contributed by atoms with Gasteiger partial charge in [0.15, 0.2) is 5.78 Å². The van der Waals surface area contributed by atoms with E-state index in [2.05, 4.69) is 22.6 Å². The number of carbonyl (C=O) groups is 2. The topological polar surface area (TPSA) is 82.9 Å². The fourth-order valence-corrected chi connectivity index (χ4v) is 7.38. The number of benzene rings is 1. The molecule has 1 saturated heterocycles. The third-order valence-corrected chi connectivity index (χ3v) is 9.68. The van der Waals surface area contributed by atoms with Gasteiger partial charge in [-0.1, -0.05) is 13.8 Å². The molecule has 0 radical (unpaired) electrons. The van der Waals surface area contributed by atoms with E-state index in [1.807, 2.05) is 24.8 Å². The van der Waals surface area contributed by atoms with Gasteiger partial charge in [-0.2, -0.15) is 4.31 Å². The normalized spacial score (nSPS) is 18.0. The standard InChI is InChI=1S/C27H38N4O4S/c1-5-15-30(16-6-2)36(34,35)23-9-7-22(8-10-23)26(33)29-17-13-27(14-18-29)25-12-11-24(21(3)32)31(25)20-19-28(27)4/h7-12H,5-6,13-20H2,1-4H3. The zero-order valence-electron chi connectivity index (χ0n) is 21.9. The molecule has 2 aliphatic heterocycles. The first kappa shape index (κ1) is 26.6. The zero-order valence-corrected chi connectivity index (χ0v) is 22.7. The molecule has 0 saturated carbocycles. The molecule has 36 heavy (non-hydrogen) atoms. The molecule has 2 aliphatic rings. The quantitative estimate of drug-likeness (QED) is 0.503. The first-order chi connectivity index (χ1) is 17.2. The number of hydrogen-bond donors (Lipinski definition) is 0. The lowest BCUT2D eigenvalue weighted by molar-refractivity contribution is 0.0128. The number of fused-ring (bicyclic) bond motifs is 2. The van der Waals surface area contributed by atoms with Crippen molar-refractivity contribution in [1.82, 2.24) is 18.7 Å². The SMILES string of the molecule is CCCN(CCC)S(=O)(=O)c1ccc(C(=O)N2CCC3(CC2)c2ccc(C(C)=O)n2CCN3C)cc1. The summed E-state index contributed by atoms with van der Waals surface area (Å²) in [7, 11) is -1.45. The minimum atomic E-state index is -3.57. The van der Waals surface area contributed by atoms with E-state index >= 15 is 0 Å². The van der Waals surface area contributed by atoms with Crippen molar-refractivity contribution < 1.29 is 18.0 Å². The highest BCUT2D eigenvalue weighted by Gasteiger charge is 2.45. The molecule has 0 bridgehead atoms. The van der Waals surface area contributed by atoms with Crippen LogP contribution in [0.5, 0.6) is 0 Å². The summed E-state index contributed by atoms with van der Waals surface area (Å²) in [5, 5.41) is 0. The summed E-state index contributed by atoms with van der Waals surface area (Å²) in [5.74, 6) is -0.00224. The van der Waals surface area contributed by atoms with Gasteiger partial charge in [-0.15, -0.1) is 0 Å². The molecule has 1 aromatic carbocycles. The number of piperidine rings is 1. The lowest BCUT2D eigenvalue weighted by atomic mass is 9.81. The Morgan fingerprint density at radius 1 is 0.917 bits per heavy atom. The van der Waals surface area contributed by atoms with Crippen LogP contribution in [0.1, 0.15) is 73.0 Å². The molecule has 0 N–H and O–H groups in total. The summed E-state index contributed by atoms with van der Waals surface area (Å²) in [6.45, 7) is 9.36. The molecule has 0 atom stereocenters. The molecule has 4 rings (SSSR count). The lowest BCUT2D eigenvalue weighted by Gasteiger charge is -2.50. The minimum absolute atomic E-state index is 0.0755. The van der Waals surface area contributed by atoms with Gasteiger partial charge in [0.05, 0.1) is 16.1 Å². The number of aromatic nitrogens is 1. The van der Waals surface area contributed by atoms with Gasteiger partial charge < -0.3 is 9.47 Å². The minimum Gasteiger partial charge on any atom is -0.339 e. The van der Waals surface area contributed by atoms with Crippen LogP contribution in [-0.2, 0) is 22.1 Å². The largest absolute Gasteiger partial charge is 0.339 e. The number of hydrogen-bond acceptors (Lipinski definition) is 5. The number of ketones is 1. The van der Waals surface area contributed by atoms with Crippen molar-refractivity contribution in [2.75, 3.05) is 39.8 Å². The summed E-state index contributed by atoms with van der Waals surface area (Å²) >= 11 is 0. The molecule has 3 heterocycles. The second kappa shape index (κ2) is 10.5. The summed E-state index contributed by atoms with van der Waals surface area (Å²) in [4.78, 5) is 29.8. The molecule has 0 unspecified atom stereocenters. The van der Waals surface area contributed by atoms with E-state index in [1.54, 1.807) is 31.2 Å². The van der Waals surface area contributed by atoms with E-state index in [0.29, 0.717) is 31.7 Å². The number of amides is 1. The van der Waals surface area contributed by atoms with Gasteiger partial charge in [0.25, 0.3) is 5.91 Å². The average Bonchev–Trinajstić information content (AvgIpc) is 3.32. The molecule has 1 fully saturated rings. The Balaban J connectivity index is 1.48. The zero-order chi connectivity index (χ0) is 26.1. The van der Waals surface area contributed by atoms with Gasteiger partial charge >= 0.3 is 0 Å². The monoisotopic (exact) mass is 514 g/mol.